The predicted molar refractivity (Wildman–Crippen MR) is 55.2 cm³/mol. The molecule has 3 aromatic rings. The Bertz CT molecular complexity index is 492. The molecule has 0 aliphatic rings. The average molecular weight is 218 g/mol. The second-order valence-electron chi connectivity index (χ2n) is 2.88. The second kappa shape index (κ2) is 3.32. The zero-order valence-corrected chi connectivity index (χ0v) is 8.36. The van der Waals surface area contributed by atoms with Crippen LogP contribution in [0.4, 0.5) is 0 Å². The molecule has 0 saturated carbocycles. The largest absolute Gasteiger partial charge is 0.364 e. The number of rotatable bonds is 2. The summed E-state index contributed by atoms with van der Waals surface area (Å²) in [5.41, 5.74) is 2.53. The van der Waals surface area contributed by atoms with Crippen molar-refractivity contribution < 1.29 is 4.52 Å². The first-order valence-electron chi connectivity index (χ1n) is 4.29. The van der Waals surface area contributed by atoms with Crippen molar-refractivity contribution in [2.75, 3.05) is 0 Å². The SMILES string of the molecule is c1csc(-c2[nH]ncc2-c2ccon2)n1. The van der Waals surface area contributed by atoms with E-state index in [1.165, 1.54) is 6.26 Å². The molecule has 0 aromatic carbocycles. The minimum absolute atomic E-state index is 0.758. The fraction of sp³-hybridized carbons (Fsp3) is 0. The van der Waals surface area contributed by atoms with Crippen molar-refractivity contribution in [2.24, 2.45) is 0 Å². The van der Waals surface area contributed by atoms with Crippen LogP contribution in [-0.2, 0) is 0 Å². The van der Waals surface area contributed by atoms with E-state index in [0.717, 1.165) is 22.0 Å². The number of nitrogens with one attached hydrogen (secondary N) is 1. The summed E-state index contributed by atoms with van der Waals surface area (Å²) in [5, 5.41) is 13.6. The highest BCUT2D eigenvalue weighted by Gasteiger charge is 2.13. The standard InChI is InChI=1S/C9H6N4OS/c1-3-14-13-7(1)6-5-11-12-8(6)9-10-2-4-15-9/h1-5H,(H,11,12). The van der Waals surface area contributed by atoms with E-state index in [1.54, 1.807) is 29.8 Å². The van der Waals surface area contributed by atoms with E-state index in [9.17, 15) is 0 Å². The first-order valence-corrected chi connectivity index (χ1v) is 5.17. The van der Waals surface area contributed by atoms with E-state index in [4.69, 9.17) is 4.52 Å². The van der Waals surface area contributed by atoms with Gasteiger partial charge in [-0.05, 0) is 0 Å². The van der Waals surface area contributed by atoms with Crippen molar-refractivity contribution >= 4 is 11.3 Å². The maximum absolute atomic E-state index is 4.80. The van der Waals surface area contributed by atoms with Crippen molar-refractivity contribution in [3.05, 3.63) is 30.1 Å². The van der Waals surface area contributed by atoms with Gasteiger partial charge in [-0.1, -0.05) is 5.16 Å². The molecule has 0 atom stereocenters. The van der Waals surface area contributed by atoms with Crippen LogP contribution in [0.3, 0.4) is 0 Å². The van der Waals surface area contributed by atoms with E-state index in [1.807, 2.05) is 5.38 Å². The Labute approximate surface area is 88.8 Å². The molecular formula is C9H6N4OS. The molecular weight excluding hydrogens is 212 g/mol. The van der Waals surface area contributed by atoms with Gasteiger partial charge in [-0.2, -0.15) is 5.10 Å². The number of nitrogens with zero attached hydrogens (tertiary/aromatic N) is 3. The molecule has 0 aliphatic heterocycles. The third-order valence-corrected chi connectivity index (χ3v) is 2.79. The van der Waals surface area contributed by atoms with Gasteiger partial charge in [-0.3, -0.25) is 5.10 Å². The Balaban J connectivity index is 2.15. The second-order valence-corrected chi connectivity index (χ2v) is 3.78. The average Bonchev–Trinajstić information content (AvgIpc) is 3.01. The Hall–Kier alpha value is -1.95. The van der Waals surface area contributed by atoms with E-state index in [-0.39, 0.29) is 0 Å². The lowest BCUT2D eigenvalue weighted by Crippen LogP contribution is -1.80. The summed E-state index contributed by atoms with van der Waals surface area (Å²) in [6, 6.07) is 1.79. The Morgan fingerprint density at radius 1 is 1.40 bits per heavy atom. The molecule has 74 valence electrons. The monoisotopic (exact) mass is 218 g/mol. The summed E-state index contributed by atoms with van der Waals surface area (Å²) in [5.74, 6) is 0. The van der Waals surface area contributed by atoms with Crippen LogP contribution in [0.2, 0.25) is 0 Å². The third-order valence-electron chi connectivity index (χ3n) is 2.00. The van der Waals surface area contributed by atoms with E-state index < -0.39 is 0 Å². The van der Waals surface area contributed by atoms with Crippen LogP contribution in [0.25, 0.3) is 22.0 Å². The molecule has 0 unspecified atom stereocenters. The molecule has 0 saturated heterocycles. The molecule has 15 heavy (non-hydrogen) atoms. The lowest BCUT2D eigenvalue weighted by Gasteiger charge is -1.93. The summed E-state index contributed by atoms with van der Waals surface area (Å²) >= 11 is 1.55. The summed E-state index contributed by atoms with van der Waals surface area (Å²) in [4.78, 5) is 4.22. The van der Waals surface area contributed by atoms with Gasteiger partial charge in [-0.25, -0.2) is 4.98 Å². The molecule has 3 heterocycles. The van der Waals surface area contributed by atoms with E-state index >= 15 is 0 Å². The summed E-state index contributed by atoms with van der Waals surface area (Å²) in [7, 11) is 0. The highest BCUT2D eigenvalue weighted by atomic mass is 32.1. The van der Waals surface area contributed by atoms with Gasteiger partial charge in [0.1, 0.15) is 22.7 Å². The maximum atomic E-state index is 4.80. The predicted octanol–water partition coefficient (Wildman–Crippen LogP) is 2.19. The van der Waals surface area contributed by atoms with E-state index in [0.29, 0.717) is 0 Å². The lowest BCUT2D eigenvalue weighted by atomic mass is 10.2. The van der Waals surface area contributed by atoms with Crippen LogP contribution >= 0.6 is 11.3 Å². The first-order chi connectivity index (χ1) is 7.45. The van der Waals surface area contributed by atoms with Crippen molar-refractivity contribution in [1.29, 1.82) is 0 Å². The normalized spacial score (nSPS) is 10.7. The van der Waals surface area contributed by atoms with Crippen LogP contribution in [-0.4, -0.2) is 20.3 Å². The van der Waals surface area contributed by atoms with Crippen molar-refractivity contribution in [1.82, 2.24) is 20.3 Å². The summed E-state index contributed by atoms with van der Waals surface area (Å²) < 4.78 is 4.80. The van der Waals surface area contributed by atoms with Gasteiger partial charge in [-0.15, -0.1) is 11.3 Å². The summed E-state index contributed by atoms with van der Waals surface area (Å²) in [6.07, 6.45) is 5.01. The number of hydrogen-bond acceptors (Lipinski definition) is 5. The number of H-pyrrole nitrogens is 1. The molecule has 1 N–H and O–H groups in total. The molecule has 0 bridgehead atoms. The molecule has 3 aromatic heterocycles. The highest BCUT2D eigenvalue weighted by Crippen LogP contribution is 2.29. The maximum Gasteiger partial charge on any atom is 0.141 e. The first kappa shape index (κ1) is 8.37. The van der Waals surface area contributed by atoms with Crippen molar-refractivity contribution in [2.45, 2.75) is 0 Å². The summed E-state index contributed by atoms with van der Waals surface area (Å²) in [6.45, 7) is 0. The zero-order valence-electron chi connectivity index (χ0n) is 7.54. The fourth-order valence-electron chi connectivity index (χ4n) is 1.34. The quantitative estimate of drug-likeness (QED) is 0.715. The number of hydrogen-bond donors (Lipinski definition) is 1. The van der Waals surface area contributed by atoms with Gasteiger partial charge in [0.25, 0.3) is 0 Å². The van der Waals surface area contributed by atoms with Crippen molar-refractivity contribution in [3.63, 3.8) is 0 Å². The minimum Gasteiger partial charge on any atom is -0.364 e. The van der Waals surface area contributed by atoms with Crippen LogP contribution in [0.5, 0.6) is 0 Å². The molecule has 0 spiro atoms. The van der Waals surface area contributed by atoms with Gasteiger partial charge in [0.2, 0.25) is 0 Å². The molecule has 0 amide bonds. The third kappa shape index (κ3) is 1.35. The van der Waals surface area contributed by atoms with Gasteiger partial charge < -0.3 is 4.52 Å². The number of thiazole rings is 1. The van der Waals surface area contributed by atoms with Crippen LogP contribution in [0.15, 0.2) is 34.6 Å². The smallest absolute Gasteiger partial charge is 0.141 e. The van der Waals surface area contributed by atoms with Gasteiger partial charge in [0, 0.05) is 17.6 Å². The number of aromatic amines is 1. The molecule has 6 heteroatoms. The van der Waals surface area contributed by atoms with Gasteiger partial charge >= 0.3 is 0 Å². The molecule has 3 rings (SSSR count). The topological polar surface area (TPSA) is 67.6 Å². The fourth-order valence-corrected chi connectivity index (χ4v) is 1.99. The Morgan fingerprint density at radius 3 is 3.13 bits per heavy atom. The zero-order chi connectivity index (χ0) is 10.1. The molecule has 0 radical (unpaired) electrons. The van der Waals surface area contributed by atoms with E-state index in [2.05, 4.69) is 20.3 Å². The van der Waals surface area contributed by atoms with Crippen molar-refractivity contribution in [3.8, 4) is 22.0 Å². The van der Waals surface area contributed by atoms with Crippen LogP contribution in [0.1, 0.15) is 0 Å². The van der Waals surface area contributed by atoms with Gasteiger partial charge in [0.15, 0.2) is 0 Å². The van der Waals surface area contributed by atoms with Crippen LogP contribution in [0, 0.1) is 0 Å². The van der Waals surface area contributed by atoms with Gasteiger partial charge in [0.05, 0.1) is 11.8 Å². The number of aromatic nitrogens is 4. The Kier molecular flexibility index (Phi) is 1.85. The Morgan fingerprint density at radius 2 is 2.40 bits per heavy atom. The highest BCUT2D eigenvalue weighted by molar-refractivity contribution is 7.13. The minimum atomic E-state index is 0.758. The van der Waals surface area contributed by atoms with Crippen LogP contribution < -0.4 is 0 Å². The lowest BCUT2D eigenvalue weighted by molar-refractivity contribution is 0.422. The molecule has 0 aliphatic carbocycles. The molecule has 0 fully saturated rings. The molecule has 5 nitrogen and oxygen atoms in total.